The number of hydrogen-bond donors (Lipinski definition) is 4. The summed E-state index contributed by atoms with van der Waals surface area (Å²) in [6, 6.07) is 6.81. The number of amides is 3. The quantitative estimate of drug-likeness (QED) is 0.549. The van der Waals surface area contributed by atoms with Crippen molar-refractivity contribution in [3.8, 4) is 0 Å². The fourth-order valence-electron chi connectivity index (χ4n) is 2.69. The molecule has 2 rings (SSSR count). The molecule has 25 heavy (non-hydrogen) atoms. The number of carbonyl (C=O) groups is 3. The third-order valence-corrected chi connectivity index (χ3v) is 4.04. The minimum atomic E-state index is -0.474. The minimum Gasteiger partial charge on any atom is -0.370 e. The van der Waals surface area contributed by atoms with E-state index in [0.717, 1.165) is 25.9 Å². The Morgan fingerprint density at radius 2 is 1.96 bits per heavy atom. The zero-order valence-electron chi connectivity index (χ0n) is 14.0. The first-order valence-electron chi connectivity index (χ1n) is 8.22. The molecule has 0 bridgehead atoms. The van der Waals surface area contributed by atoms with Crippen molar-refractivity contribution in [3.05, 3.63) is 29.8 Å². The summed E-state index contributed by atoms with van der Waals surface area (Å²) >= 11 is 0. The van der Waals surface area contributed by atoms with Gasteiger partial charge in [-0.25, -0.2) is 0 Å². The molecule has 0 aliphatic carbocycles. The number of halogens is 1. The third-order valence-electron chi connectivity index (χ3n) is 4.04. The van der Waals surface area contributed by atoms with Gasteiger partial charge in [0.05, 0.1) is 11.3 Å². The Labute approximate surface area is 153 Å². The highest BCUT2D eigenvalue weighted by atomic mass is 35.5. The minimum absolute atomic E-state index is 0. The monoisotopic (exact) mass is 368 g/mol. The normalized spacial score (nSPS) is 15.9. The van der Waals surface area contributed by atoms with Gasteiger partial charge in [-0.15, -0.1) is 12.4 Å². The van der Waals surface area contributed by atoms with Gasteiger partial charge in [-0.1, -0.05) is 12.1 Å². The van der Waals surface area contributed by atoms with E-state index in [-0.39, 0.29) is 37.2 Å². The Hall–Kier alpha value is -2.12. The number of benzene rings is 1. The molecule has 1 heterocycles. The van der Waals surface area contributed by atoms with Crippen LogP contribution in [-0.2, 0) is 9.59 Å². The van der Waals surface area contributed by atoms with E-state index in [2.05, 4.69) is 16.0 Å². The van der Waals surface area contributed by atoms with Gasteiger partial charge in [-0.3, -0.25) is 14.4 Å². The van der Waals surface area contributed by atoms with Gasteiger partial charge in [0.15, 0.2) is 0 Å². The standard InChI is InChI=1S/C17H24N4O3.ClH/c18-15(22)8-10-20-17(24)13-3-1-2-4-14(13)21-16(23)6-5-12-7-9-19-11-12;/h1-4,12,19H,5-11H2,(H2,18,22)(H,20,24)(H,21,23);1H. The molecule has 1 aromatic carbocycles. The lowest BCUT2D eigenvalue weighted by atomic mass is 10.0. The molecule has 1 aliphatic rings. The first-order chi connectivity index (χ1) is 11.6. The molecule has 8 heteroatoms. The predicted octanol–water partition coefficient (Wildman–Crippen LogP) is 1.04. The van der Waals surface area contributed by atoms with Gasteiger partial charge in [0.2, 0.25) is 11.8 Å². The molecule has 7 nitrogen and oxygen atoms in total. The fourth-order valence-corrected chi connectivity index (χ4v) is 2.69. The molecule has 0 spiro atoms. The van der Waals surface area contributed by atoms with Crippen LogP contribution in [0.1, 0.15) is 36.0 Å². The number of rotatable bonds is 8. The van der Waals surface area contributed by atoms with Crippen molar-refractivity contribution < 1.29 is 14.4 Å². The van der Waals surface area contributed by atoms with Gasteiger partial charge < -0.3 is 21.7 Å². The van der Waals surface area contributed by atoms with Crippen LogP contribution in [0.3, 0.4) is 0 Å². The number of nitrogens with two attached hydrogens (primary N) is 1. The van der Waals surface area contributed by atoms with Crippen LogP contribution < -0.4 is 21.7 Å². The van der Waals surface area contributed by atoms with Gasteiger partial charge in [0.1, 0.15) is 0 Å². The lowest BCUT2D eigenvalue weighted by Gasteiger charge is -2.12. The number of nitrogens with one attached hydrogen (secondary N) is 3. The highest BCUT2D eigenvalue weighted by Gasteiger charge is 2.17. The van der Waals surface area contributed by atoms with Gasteiger partial charge in [-0.2, -0.15) is 0 Å². The van der Waals surface area contributed by atoms with Gasteiger partial charge in [0, 0.05) is 19.4 Å². The van der Waals surface area contributed by atoms with Crippen LogP contribution >= 0.6 is 12.4 Å². The summed E-state index contributed by atoms with van der Waals surface area (Å²) in [5.74, 6) is -0.368. The molecular weight excluding hydrogens is 344 g/mol. The molecule has 5 N–H and O–H groups in total. The summed E-state index contributed by atoms with van der Waals surface area (Å²) in [4.78, 5) is 35.0. The fraction of sp³-hybridized carbons (Fsp3) is 0.471. The second kappa shape index (κ2) is 10.7. The molecule has 138 valence electrons. The molecule has 1 atom stereocenters. The summed E-state index contributed by atoms with van der Waals surface area (Å²) in [5.41, 5.74) is 5.90. The zero-order valence-corrected chi connectivity index (χ0v) is 14.9. The molecular formula is C17H25ClN4O3. The molecule has 1 saturated heterocycles. The van der Waals surface area contributed by atoms with Crippen molar-refractivity contribution in [1.29, 1.82) is 0 Å². The average Bonchev–Trinajstić information content (AvgIpc) is 3.06. The average molecular weight is 369 g/mol. The molecule has 1 aliphatic heterocycles. The number of para-hydroxylation sites is 1. The topological polar surface area (TPSA) is 113 Å². The molecule has 1 aromatic rings. The van der Waals surface area contributed by atoms with Crippen LogP contribution in [0.4, 0.5) is 5.69 Å². The van der Waals surface area contributed by atoms with E-state index in [0.29, 0.717) is 23.6 Å². The maximum Gasteiger partial charge on any atom is 0.253 e. The van der Waals surface area contributed by atoms with Crippen molar-refractivity contribution in [2.24, 2.45) is 11.7 Å². The Morgan fingerprint density at radius 3 is 2.64 bits per heavy atom. The highest BCUT2D eigenvalue weighted by Crippen LogP contribution is 2.18. The lowest BCUT2D eigenvalue weighted by Crippen LogP contribution is -2.28. The van der Waals surface area contributed by atoms with E-state index < -0.39 is 5.91 Å². The van der Waals surface area contributed by atoms with Gasteiger partial charge in [0.25, 0.3) is 5.91 Å². The van der Waals surface area contributed by atoms with Crippen molar-refractivity contribution in [3.63, 3.8) is 0 Å². The van der Waals surface area contributed by atoms with Crippen molar-refractivity contribution in [2.75, 3.05) is 25.0 Å². The molecule has 1 unspecified atom stereocenters. The van der Waals surface area contributed by atoms with E-state index >= 15 is 0 Å². The summed E-state index contributed by atoms with van der Waals surface area (Å²) in [6.45, 7) is 2.15. The van der Waals surface area contributed by atoms with Crippen molar-refractivity contribution in [2.45, 2.75) is 25.7 Å². The van der Waals surface area contributed by atoms with E-state index in [1.165, 1.54) is 0 Å². The molecule has 3 amide bonds. The van der Waals surface area contributed by atoms with Crippen LogP contribution in [0.25, 0.3) is 0 Å². The number of carbonyl (C=O) groups excluding carboxylic acids is 3. The predicted molar refractivity (Wildman–Crippen MR) is 98.7 cm³/mol. The van der Waals surface area contributed by atoms with E-state index in [1.54, 1.807) is 24.3 Å². The number of primary amides is 1. The SMILES string of the molecule is Cl.NC(=O)CCNC(=O)c1ccccc1NC(=O)CCC1CCNC1. The summed E-state index contributed by atoms with van der Waals surface area (Å²) in [7, 11) is 0. The molecule has 0 aromatic heterocycles. The summed E-state index contributed by atoms with van der Waals surface area (Å²) in [5, 5.41) is 8.70. The number of anilines is 1. The second-order valence-electron chi connectivity index (χ2n) is 5.96. The Kier molecular flexibility index (Phi) is 8.94. The van der Waals surface area contributed by atoms with E-state index in [4.69, 9.17) is 5.73 Å². The maximum atomic E-state index is 12.2. The summed E-state index contributed by atoms with van der Waals surface area (Å²) in [6.07, 6.45) is 2.46. The molecule has 0 radical (unpaired) electrons. The van der Waals surface area contributed by atoms with Crippen LogP contribution in [-0.4, -0.2) is 37.4 Å². The molecule has 1 fully saturated rings. The Bertz CT molecular complexity index is 603. The highest BCUT2D eigenvalue weighted by molar-refractivity contribution is 6.03. The van der Waals surface area contributed by atoms with Crippen LogP contribution in [0, 0.1) is 5.92 Å². The molecule has 0 saturated carbocycles. The lowest BCUT2D eigenvalue weighted by molar-refractivity contribution is -0.118. The maximum absolute atomic E-state index is 12.2. The largest absolute Gasteiger partial charge is 0.370 e. The van der Waals surface area contributed by atoms with Gasteiger partial charge in [-0.05, 0) is 44.0 Å². The zero-order chi connectivity index (χ0) is 17.4. The number of hydrogen-bond acceptors (Lipinski definition) is 4. The van der Waals surface area contributed by atoms with E-state index in [1.807, 2.05) is 0 Å². The Morgan fingerprint density at radius 1 is 1.20 bits per heavy atom. The smallest absolute Gasteiger partial charge is 0.253 e. The van der Waals surface area contributed by atoms with Crippen LogP contribution in [0.2, 0.25) is 0 Å². The van der Waals surface area contributed by atoms with Crippen molar-refractivity contribution >= 4 is 35.8 Å². The van der Waals surface area contributed by atoms with E-state index in [9.17, 15) is 14.4 Å². The van der Waals surface area contributed by atoms with Crippen LogP contribution in [0.15, 0.2) is 24.3 Å². The van der Waals surface area contributed by atoms with Crippen molar-refractivity contribution in [1.82, 2.24) is 10.6 Å². The van der Waals surface area contributed by atoms with Gasteiger partial charge >= 0.3 is 0 Å². The third kappa shape index (κ3) is 7.11. The Balaban J connectivity index is 0.00000312. The van der Waals surface area contributed by atoms with Crippen LogP contribution in [0.5, 0.6) is 0 Å². The first-order valence-corrected chi connectivity index (χ1v) is 8.22. The summed E-state index contributed by atoms with van der Waals surface area (Å²) < 4.78 is 0. The first kappa shape index (κ1) is 20.9. The second-order valence-corrected chi connectivity index (χ2v) is 5.96.